The molecule has 0 aromatic rings. The molecule has 4 rings (SSSR count). The molecule has 0 N–H and O–H groups in total. The van der Waals surface area contributed by atoms with Crippen LogP contribution in [-0.2, 0) is 19.1 Å². The maximum atomic E-state index is 12.0. The van der Waals surface area contributed by atoms with Crippen LogP contribution >= 0.6 is 0 Å². The molecular formula is C25H38O4. The van der Waals surface area contributed by atoms with Gasteiger partial charge in [0.05, 0.1) is 0 Å². The predicted octanol–water partition coefficient (Wildman–Crippen LogP) is 5.45. The Hall–Kier alpha value is -1.32. The van der Waals surface area contributed by atoms with Crippen molar-refractivity contribution in [2.75, 3.05) is 0 Å². The summed E-state index contributed by atoms with van der Waals surface area (Å²) in [6.07, 6.45) is 11.2. The second-order valence-electron chi connectivity index (χ2n) is 10.7. The molecule has 0 unspecified atom stereocenters. The highest BCUT2D eigenvalue weighted by molar-refractivity contribution is 5.66. The van der Waals surface area contributed by atoms with Crippen molar-refractivity contribution in [1.82, 2.24) is 0 Å². The van der Waals surface area contributed by atoms with Crippen molar-refractivity contribution in [3.8, 4) is 0 Å². The van der Waals surface area contributed by atoms with Crippen molar-refractivity contribution in [1.29, 1.82) is 0 Å². The summed E-state index contributed by atoms with van der Waals surface area (Å²) in [5, 5.41) is 0. The standard InChI is InChI=1S/C25H38O4/c1-6-17-7-8-20-23-21(10-12-24(17,20)4)25(5)11-9-19(28-15(2)26)13-18(25)14-22(23)29-16(3)27/h6,18-23H,7-14H2,1-5H3/b17-6-/t18-,19+,20-,21-,22+,23-,24+,25-/m1/s1. The maximum Gasteiger partial charge on any atom is 0.302 e. The quantitative estimate of drug-likeness (QED) is 0.455. The third-order valence-corrected chi connectivity index (χ3v) is 9.46. The van der Waals surface area contributed by atoms with Crippen LogP contribution in [0.15, 0.2) is 11.6 Å². The minimum Gasteiger partial charge on any atom is -0.463 e. The Morgan fingerprint density at radius 3 is 2.34 bits per heavy atom. The van der Waals surface area contributed by atoms with Crippen molar-refractivity contribution < 1.29 is 19.1 Å². The Morgan fingerprint density at radius 1 is 0.966 bits per heavy atom. The molecule has 4 heteroatoms. The minimum atomic E-state index is -0.179. The van der Waals surface area contributed by atoms with Gasteiger partial charge in [-0.2, -0.15) is 0 Å². The van der Waals surface area contributed by atoms with Gasteiger partial charge in [-0.15, -0.1) is 0 Å². The Labute approximate surface area is 175 Å². The number of allylic oxidation sites excluding steroid dienone is 2. The van der Waals surface area contributed by atoms with E-state index in [1.165, 1.54) is 32.6 Å². The van der Waals surface area contributed by atoms with Crippen LogP contribution in [-0.4, -0.2) is 24.1 Å². The maximum absolute atomic E-state index is 12.0. The van der Waals surface area contributed by atoms with E-state index in [0.717, 1.165) is 25.7 Å². The summed E-state index contributed by atoms with van der Waals surface area (Å²) in [5.74, 6) is 1.79. The molecule has 0 amide bonds. The molecule has 4 aliphatic carbocycles. The number of rotatable bonds is 2. The van der Waals surface area contributed by atoms with Gasteiger partial charge in [-0.05, 0) is 86.9 Å². The van der Waals surface area contributed by atoms with Gasteiger partial charge >= 0.3 is 11.9 Å². The number of carbonyl (C=O) groups excluding carboxylic acids is 2. The molecule has 0 saturated heterocycles. The molecule has 0 aromatic heterocycles. The largest absolute Gasteiger partial charge is 0.463 e. The van der Waals surface area contributed by atoms with E-state index in [4.69, 9.17) is 9.47 Å². The monoisotopic (exact) mass is 402 g/mol. The van der Waals surface area contributed by atoms with Crippen LogP contribution in [0.4, 0.5) is 0 Å². The lowest BCUT2D eigenvalue weighted by Crippen LogP contribution is -2.59. The van der Waals surface area contributed by atoms with Crippen LogP contribution in [0, 0.1) is 34.5 Å². The van der Waals surface area contributed by atoms with E-state index in [1.807, 2.05) is 0 Å². The molecule has 0 radical (unpaired) electrons. The van der Waals surface area contributed by atoms with E-state index in [9.17, 15) is 9.59 Å². The highest BCUT2D eigenvalue weighted by Gasteiger charge is 2.62. The minimum absolute atomic E-state index is 0.00693. The van der Waals surface area contributed by atoms with Crippen molar-refractivity contribution >= 4 is 11.9 Å². The van der Waals surface area contributed by atoms with Gasteiger partial charge in [0.2, 0.25) is 0 Å². The highest BCUT2D eigenvalue weighted by atomic mass is 16.5. The van der Waals surface area contributed by atoms with E-state index < -0.39 is 0 Å². The van der Waals surface area contributed by atoms with Gasteiger partial charge in [-0.25, -0.2) is 0 Å². The fourth-order valence-corrected chi connectivity index (χ4v) is 8.16. The molecule has 4 nitrogen and oxygen atoms in total. The summed E-state index contributed by atoms with van der Waals surface area (Å²) in [6, 6.07) is 0. The summed E-state index contributed by atoms with van der Waals surface area (Å²) < 4.78 is 11.6. The van der Waals surface area contributed by atoms with Gasteiger partial charge in [0.1, 0.15) is 12.2 Å². The zero-order valence-electron chi connectivity index (χ0n) is 18.8. The Kier molecular flexibility index (Phi) is 5.36. The average Bonchev–Trinajstić information content (AvgIpc) is 2.98. The predicted molar refractivity (Wildman–Crippen MR) is 112 cm³/mol. The van der Waals surface area contributed by atoms with Gasteiger partial charge in [-0.1, -0.05) is 25.5 Å². The number of esters is 2. The molecule has 0 heterocycles. The molecule has 8 atom stereocenters. The fourth-order valence-electron chi connectivity index (χ4n) is 8.16. The first-order valence-corrected chi connectivity index (χ1v) is 11.7. The molecule has 4 saturated carbocycles. The fraction of sp³-hybridized carbons (Fsp3) is 0.840. The second kappa shape index (κ2) is 7.42. The third kappa shape index (κ3) is 3.35. The number of fused-ring (bicyclic) bond motifs is 5. The molecule has 4 fully saturated rings. The van der Waals surface area contributed by atoms with Crippen LogP contribution in [0.3, 0.4) is 0 Å². The summed E-state index contributed by atoms with van der Waals surface area (Å²) in [5.41, 5.74) is 2.15. The van der Waals surface area contributed by atoms with Crippen molar-refractivity contribution in [2.24, 2.45) is 34.5 Å². The molecule has 0 bridgehead atoms. The number of hydrogen-bond donors (Lipinski definition) is 0. The summed E-state index contributed by atoms with van der Waals surface area (Å²) in [6.45, 7) is 10.2. The zero-order valence-corrected chi connectivity index (χ0v) is 18.8. The van der Waals surface area contributed by atoms with Crippen molar-refractivity contribution in [3.05, 3.63) is 11.6 Å². The lowest BCUT2D eigenvalue weighted by Gasteiger charge is -2.62. The topological polar surface area (TPSA) is 52.6 Å². The Bertz CT molecular complexity index is 712. The van der Waals surface area contributed by atoms with E-state index in [1.54, 1.807) is 12.5 Å². The van der Waals surface area contributed by atoms with Gasteiger partial charge in [0.15, 0.2) is 0 Å². The molecule has 29 heavy (non-hydrogen) atoms. The van der Waals surface area contributed by atoms with Gasteiger partial charge in [0, 0.05) is 19.8 Å². The number of ether oxygens (including phenoxy) is 2. The first-order chi connectivity index (χ1) is 13.7. The molecule has 0 spiro atoms. The second-order valence-corrected chi connectivity index (χ2v) is 10.7. The normalized spacial score (nSPS) is 47.7. The van der Waals surface area contributed by atoms with E-state index >= 15 is 0 Å². The summed E-state index contributed by atoms with van der Waals surface area (Å²) in [7, 11) is 0. The first-order valence-electron chi connectivity index (χ1n) is 11.7. The molecule has 0 aromatic carbocycles. The summed E-state index contributed by atoms with van der Waals surface area (Å²) >= 11 is 0. The molecule has 162 valence electrons. The molecular weight excluding hydrogens is 364 g/mol. The third-order valence-electron chi connectivity index (χ3n) is 9.46. The van der Waals surface area contributed by atoms with Crippen LogP contribution in [0.2, 0.25) is 0 Å². The molecule has 0 aliphatic heterocycles. The van der Waals surface area contributed by atoms with Crippen LogP contribution in [0.25, 0.3) is 0 Å². The van der Waals surface area contributed by atoms with Crippen molar-refractivity contribution in [3.63, 3.8) is 0 Å². The lowest BCUT2D eigenvalue weighted by molar-refractivity contribution is -0.192. The van der Waals surface area contributed by atoms with Crippen LogP contribution in [0.1, 0.15) is 86.0 Å². The van der Waals surface area contributed by atoms with E-state index in [2.05, 4.69) is 26.8 Å². The Balaban J connectivity index is 1.66. The summed E-state index contributed by atoms with van der Waals surface area (Å²) in [4.78, 5) is 23.5. The van der Waals surface area contributed by atoms with Crippen molar-refractivity contribution in [2.45, 2.75) is 98.2 Å². The first kappa shape index (κ1) is 20.9. The number of hydrogen-bond acceptors (Lipinski definition) is 4. The van der Waals surface area contributed by atoms with E-state index in [0.29, 0.717) is 23.7 Å². The van der Waals surface area contributed by atoms with Gasteiger partial charge in [0.25, 0.3) is 0 Å². The van der Waals surface area contributed by atoms with Gasteiger partial charge < -0.3 is 9.47 Å². The Morgan fingerprint density at radius 2 is 1.69 bits per heavy atom. The zero-order chi connectivity index (χ0) is 21.0. The number of carbonyl (C=O) groups is 2. The SMILES string of the molecule is C/C=C1/CC[C@@H]2[C@H]3[C@@H](OC(C)=O)C[C@H]4C[C@@H](OC(C)=O)CC[C@@]4(C)[C@@H]3CC[C@@]12C. The smallest absolute Gasteiger partial charge is 0.302 e. The average molecular weight is 403 g/mol. The van der Waals surface area contributed by atoms with E-state index in [-0.39, 0.29) is 35.0 Å². The molecule has 4 aliphatic rings. The van der Waals surface area contributed by atoms with Crippen LogP contribution in [0.5, 0.6) is 0 Å². The highest BCUT2D eigenvalue weighted by Crippen LogP contribution is 2.67. The lowest BCUT2D eigenvalue weighted by atomic mass is 9.44. The van der Waals surface area contributed by atoms with Gasteiger partial charge in [-0.3, -0.25) is 9.59 Å². The van der Waals surface area contributed by atoms with Crippen LogP contribution < -0.4 is 0 Å².